The molecule has 0 unspecified atom stereocenters. The molecule has 1 saturated heterocycles. The summed E-state index contributed by atoms with van der Waals surface area (Å²) >= 11 is 6.09. The van der Waals surface area contributed by atoms with Gasteiger partial charge in [-0.15, -0.1) is 0 Å². The zero-order valence-electron chi connectivity index (χ0n) is 28.8. The van der Waals surface area contributed by atoms with E-state index in [1.807, 2.05) is 6.92 Å². The summed E-state index contributed by atoms with van der Waals surface area (Å²) in [4.78, 5) is 67.7. The molecule has 2 atom stereocenters. The average molecular weight is 729 g/mol. The quantitative estimate of drug-likeness (QED) is 0.331. The van der Waals surface area contributed by atoms with Crippen LogP contribution in [-0.4, -0.2) is 83.7 Å². The Bertz CT molecular complexity index is 2030. The van der Waals surface area contributed by atoms with E-state index >= 15 is 0 Å². The number of H-pyrrole nitrogens is 1. The second kappa shape index (κ2) is 13.7. The average Bonchev–Trinajstić information content (AvgIpc) is 3.06. The van der Waals surface area contributed by atoms with Crippen LogP contribution in [0.5, 0.6) is 5.88 Å². The number of piperazine rings is 1. The van der Waals surface area contributed by atoms with Crippen LogP contribution < -0.4 is 24.9 Å². The number of amides is 2. The molecule has 16 heteroatoms. The van der Waals surface area contributed by atoms with Gasteiger partial charge in [-0.1, -0.05) is 18.5 Å². The van der Waals surface area contributed by atoms with Crippen molar-refractivity contribution in [3.63, 3.8) is 0 Å². The highest BCUT2D eigenvalue weighted by Crippen LogP contribution is 2.40. The minimum absolute atomic E-state index is 0.0247. The number of fused-ring (bicyclic) bond motifs is 2. The molecule has 3 aromatic rings. The standard InChI is InChI=1S/C35H37ClF3N7O5/c1-6-19-13-25-29(42-26(43(3)4)16-44(25)17-27(47)41-22-8-7-20(14-21(22)36)35(37,38)39)32(49)30(19)45-11-12-46(24-10-9-23(24)45)34(50)28-31(48)18(2)15-40-33(28)51-5/h7-8,14-16,23-24H,6,9-13,17H2,1-5H3,(H-,40,41,47,48,50)/p+1/t23-,24-/m0/s1. The van der Waals surface area contributed by atoms with Crippen molar-refractivity contribution in [2.24, 2.45) is 0 Å². The maximum atomic E-state index is 14.5. The number of halogens is 4. The predicted molar refractivity (Wildman–Crippen MR) is 182 cm³/mol. The molecule has 3 aliphatic rings. The Hall–Kier alpha value is -4.92. The molecule has 2 aliphatic carbocycles. The summed E-state index contributed by atoms with van der Waals surface area (Å²) in [7, 11) is 4.91. The summed E-state index contributed by atoms with van der Waals surface area (Å²) in [6.45, 7) is 3.98. The molecule has 0 bridgehead atoms. The number of hydrogen-bond acceptors (Lipinski definition) is 8. The molecule has 2 N–H and O–H groups in total. The maximum absolute atomic E-state index is 14.5. The normalized spacial score (nSPS) is 18.6. The number of rotatable bonds is 8. The monoisotopic (exact) mass is 728 g/mol. The predicted octanol–water partition coefficient (Wildman–Crippen LogP) is 4.14. The van der Waals surface area contributed by atoms with Gasteiger partial charge < -0.3 is 29.7 Å². The molecule has 6 rings (SSSR count). The van der Waals surface area contributed by atoms with Gasteiger partial charge in [-0.3, -0.25) is 19.2 Å². The number of anilines is 2. The van der Waals surface area contributed by atoms with Crippen molar-refractivity contribution in [2.75, 3.05) is 44.5 Å². The fourth-order valence-corrected chi connectivity index (χ4v) is 7.21. The van der Waals surface area contributed by atoms with Gasteiger partial charge in [-0.25, -0.2) is 4.98 Å². The van der Waals surface area contributed by atoms with E-state index < -0.39 is 29.0 Å². The first-order chi connectivity index (χ1) is 24.1. The van der Waals surface area contributed by atoms with E-state index in [-0.39, 0.29) is 58.8 Å². The number of alkyl halides is 3. The number of nitrogens with zero attached hydrogens (tertiary/aromatic N) is 5. The highest BCUT2D eigenvalue weighted by Gasteiger charge is 2.49. The first-order valence-corrected chi connectivity index (χ1v) is 16.9. The fraction of sp³-hybridized carbons (Fsp3) is 0.429. The number of aryl methyl sites for hydroxylation is 1. The van der Waals surface area contributed by atoms with Gasteiger partial charge in [-0.05, 0) is 50.0 Å². The molecule has 0 radical (unpaired) electrons. The van der Waals surface area contributed by atoms with Gasteiger partial charge in [0, 0.05) is 45.0 Å². The van der Waals surface area contributed by atoms with Gasteiger partial charge in [0.05, 0.1) is 41.5 Å². The lowest BCUT2D eigenvalue weighted by Crippen LogP contribution is -2.66. The van der Waals surface area contributed by atoms with Gasteiger partial charge in [0.25, 0.3) is 11.8 Å². The second-order valence-electron chi connectivity index (χ2n) is 13.1. The molecule has 1 aliphatic heterocycles. The summed E-state index contributed by atoms with van der Waals surface area (Å²) in [5.41, 5.74) is 1.17. The summed E-state index contributed by atoms with van der Waals surface area (Å²) in [6, 6.07) is 2.33. The van der Waals surface area contributed by atoms with E-state index in [1.165, 1.54) is 13.3 Å². The molecular formula is C35H38ClF3N7O5+. The number of ether oxygens (including phenoxy) is 1. The van der Waals surface area contributed by atoms with E-state index in [9.17, 15) is 32.3 Å². The Balaban J connectivity index is 1.28. The van der Waals surface area contributed by atoms with Crippen LogP contribution >= 0.6 is 11.6 Å². The molecule has 1 saturated carbocycles. The van der Waals surface area contributed by atoms with Crippen LogP contribution in [0.4, 0.5) is 24.7 Å². The van der Waals surface area contributed by atoms with E-state index in [1.54, 1.807) is 41.6 Å². The van der Waals surface area contributed by atoms with Crippen molar-refractivity contribution in [1.29, 1.82) is 0 Å². The zero-order chi connectivity index (χ0) is 36.9. The number of benzene rings is 1. The molecule has 51 heavy (non-hydrogen) atoms. The Labute approximate surface area is 296 Å². The fourth-order valence-electron chi connectivity index (χ4n) is 6.99. The zero-order valence-corrected chi connectivity index (χ0v) is 29.5. The lowest BCUT2D eigenvalue weighted by atomic mass is 9.79. The smallest absolute Gasteiger partial charge is 0.416 e. The number of hydrogen-bond donors (Lipinski definition) is 2. The number of pyridine rings is 1. The molecular weight excluding hydrogens is 691 g/mol. The minimum Gasteiger partial charge on any atom is -0.482 e. The van der Waals surface area contributed by atoms with Gasteiger partial charge >= 0.3 is 6.18 Å². The lowest BCUT2D eigenvalue weighted by Gasteiger charge is -2.55. The summed E-state index contributed by atoms with van der Waals surface area (Å²) in [6.07, 6.45) is 0.898. The lowest BCUT2D eigenvalue weighted by molar-refractivity contribution is -0.691. The number of carbonyl (C=O) groups excluding carboxylic acids is 3. The van der Waals surface area contributed by atoms with Crippen LogP contribution in [0.2, 0.25) is 5.02 Å². The molecule has 270 valence electrons. The van der Waals surface area contributed by atoms with Gasteiger partial charge in [-0.2, -0.15) is 17.7 Å². The van der Waals surface area contributed by atoms with E-state index in [0.717, 1.165) is 30.2 Å². The van der Waals surface area contributed by atoms with Crippen molar-refractivity contribution in [3.05, 3.63) is 85.2 Å². The molecule has 1 aromatic carbocycles. The number of ketones is 1. The topological polar surface area (TPSA) is 132 Å². The first-order valence-electron chi connectivity index (χ1n) is 16.5. The van der Waals surface area contributed by atoms with Crippen LogP contribution in [0, 0.1) is 6.92 Å². The van der Waals surface area contributed by atoms with Crippen LogP contribution in [0.3, 0.4) is 0 Å². The number of methoxy groups -OCH3 is 1. The number of allylic oxidation sites excluding steroid dienone is 2. The molecule has 2 aromatic heterocycles. The highest BCUT2D eigenvalue weighted by molar-refractivity contribution is 6.33. The van der Waals surface area contributed by atoms with Crippen molar-refractivity contribution in [2.45, 2.75) is 64.3 Å². The number of aromatic nitrogens is 3. The van der Waals surface area contributed by atoms with Crippen LogP contribution in [-0.2, 0) is 23.9 Å². The summed E-state index contributed by atoms with van der Waals surface area (Å²) < 4.78 is 46.4. The van der Waals surface area contributed by atoms with E-state index in [4.69, 9.17) is 21.3 Å². The third-order valence-corrected chi connectivity index (χ3v) is 10.1. The van der Waals surface area contributed by atoms with Crippen LogP contribution in [0.15, 0.2) is 46.7 Å². The highest BCUT2D eigenvalue weighted by atomic mass is 35.5. The summed E-state index contributed by atoms with van der Waals surface area (Å²) in [5, 5.41) is 2.33. The SMILES string of the molecule is CCC1=C(N2CCN(C(=O)c3c(OC)[nH]cc(C)c3=O)[C@H]3CC[C@@H]32)C(=O)c2nc(N(C)C)c[n+](CC(=O)Nc3ccc(C(F)(F)F)cc3Cl)c2C1. The maximum Gasteiger partial charge on any atom is 0.416 e. The third-order valence-electron chi connectivity index (χ3n) is 9.82. The third kappa shape index (κ3) is 6.54. The second-order valence-corrected chi connectivity index (χ2v) is 13.5. The van der Waals surface area contributed by atoms with E-state index in [0.29, 0.717) is 48.6 Å². The Kier molecular flexibility index (Phi) is 9.61. The molecule has 3 heterocycles. The van der Waals surface area contributed by atoms with Crippen molar-refractivity contribution < 1.29 is 36.9 Å². The first kappa shape index (κ1) is 35.9. The van der Waals surface area contributed by atoms with E-state index in [2.05, 4.69) is 15.2 Å². The molecule has 12 nitrogen and oxygen atoms in total. The van der Waals surface area contributed by atoms with Crippen molar-refractivity contribution >= 4 is 40.7 Å². The molecule has 0 spiro atoms. The molecule has 2 amide bonds. The van der Waals surface area contributed by atoms with Gasteiger partial charge in [0.15, 0.2) is 11.5 Å². The number of aromatic amines is 1. The van der Waals surface area contributed by atoms with Gasteiger partial charge in [0.2, 0.25) is 35.5 Å². The Morgan fingerprint density at radius 2 is 1.90 bits per heavy atom. The number of nitrogens with one attached hydrogen (secondary N) is 2. The van der Waals surface area contributed by atoms with Gasteiger partial charge in [0.1, 0.15) is 5.56 Å². The van der Waals surface area contributed by atoms with Crippen molar-refractivity contribution in [3.8, 4) is 5.88 Å². The summed E-state index contributed by atoms with van der Waals surface area (Å²) in [5.74, 6) is -0.723. The van der Waals surface area contributed by atoms with Crippen LogP contribution in [0.25, 0.3) is 0 Å². The number of carbonyl (C=O) groups is 3. The van der Waals surface area contributed by atoms with Crippen LogP contribution in [0.1, 0.15) is 63.9 Å². The molecule has 2 fully saturated rings. The Morgan fingerprint density at radius 3 is 2.51 bits per heavy atom. The largest absolute Gasteiger partial charge is 0.482 e. The Morgan fingerprint density at radius 1 is 1.18 bits per heavy atom. The van der Waals surface area contributed by atoms with Crippen molar-refractivity contribution in [1.82, 2.24) is 19.8 Å². The minimum atomic E-state index is -4.59. The number of Topliss-reactive ketones (excluding diaryl/α,β-unsaturated/α-hetero) is 1.